The number of nitrogens with one attached hydrogen (secondary N) is 2. The number of hydrogen-bond acceptors (Lipinski definition) is 3. The molecular formula is C12H21N3O. The Morgan fingerprint density at radius 2 is 2.12 bits per heavy atom. The standard InChI is InChI=1S/C12H21N3O/c1-8-6-11(7-9(2)16-8)15-10(3)12-13-4-5-14-12/h4-5,8-11,15H,6-7H2,1-3H3,(H,13,14). The lowest BCUT2D eigenvalue weighted by molar-refractivity contribution is -0.0434. The maximum absolute atomic E-state index is 5.73. The molecule has 3 atom stereocenters. The molecule has 1 aromatic heterocycles. The summed E-state index contributed by atoms with van der Waals surface area (Å²) in [5, 5.41) is 3.61. The highest BCUT2D eigenvalue weighted by molar-refractivity contribution is 4.95. The number of nitrogens with zero attached hydrogens (tertiary/aromatic N) is 1. The predicted octanol–water partition coefficient (Wildman–Crippen LogP) is 2.02. The summed E-state index contributed by atoms with van der Waals surface area (Å²) in [6, 6.07) is 0.802. The summed E-state index contributed by atoms with van der Waals surface area (Å²) in [6.07, 6.45) is 6.52. The molecule has 1 aliphatic rings. The molecule has 0 bridgehead atoms. The maximum Gasteiger partial charge on any atom is 0.122 e. The van der Waals surface area contributed by atoms with Crippen molar-refractivity contribution in [3.05, 3.63) is 18.2 Å². The Morgan fingerprint density at radius 3 is 2.69 bits per heavy atom. The van der Waals surface area contributed by atoms with Crippen LogP contribution in [0.2, 0.25) is 0 Å². The van der Waals surface area contributed by atoms with Gasteiger partial charge < -0.3 is 15.0 Å². The minimum atomic E-state index is 0.275. The molecule has 2 rings (SSSR count). The molecule has 1 saturated heterocycles. The average molecular weight is 223 g/mol. The summed E-state index contributed by atoms with van der Waals surface area (Å²) in [6.45, 7) is 6.42. The second-order valence-electron chi connectivity index (χ2n) is 4.79. The molecule has 0 aromatic carbocycles. The van der Waals surface area contributed by atoms with Crippen LogP contribution in [0.3, 0.4) is 0 Å². The van der Waals surface area contributed by atoms with Gasteiger partial charge in [0.2, 0.25) is 0 Å². The topological polar surface area (TPSA) is 49.9 Å². The minimum Gasteiger partial charge on any atom is -0.375 e. The molecule has 90 valence electrons. The van der Waals surface area contributed by atoms with Crippen molar-refractivity contribution >= 4 is 0 Å². The highest BCUT2D eigenvalue weighted by atomic mass is 16.5. The lowest BCUT2D eigenvalue weighted by Gasteiger charge is -2.34. The molecule has 0 spiro atoms. The first-order chi connectivity index (χ1) is 7.65. The maximum atomic E-state index is 5.73. The van der Waals surface area contributed by atoms with Gasteiger partial charge in [-0.25, -0.2) is 4.98 Å². The summed E-state index contributed by atoms with van der Waals surface area (Å²) in [7, 11) is 0. The van der Waals surface area contributed by atoms with Crippen LogP contribution in [0.25, 0.3) is 0 Å². The summed E-state index contributed by atoms with van der Waals surface area (Å²) in [4.78, 5) is 7.41. The largest absolute Gasteiger partial charge is 0.375 e. The lowest BCUT2D eigenvalue weighted by atomic mass is 9.99. The fourth-order valence-electron chi connectivity index (χ4n) is 2.49. The summed E-state index contributed by atoms with van der Waals surface area (Å²) < 4.78 is 5.73. The van der Waals surface area contributed by atoms with Crippen LogP contribution in [0, 0.1) is 0 Å². The molecule has 0 radical (unpaired) electrons. The molecule has 0 amide bonds. The van der Waals surface area contributed by atoms with Gasteiger partial charge in [0, 0.05) is 18.4 Å². The monoisotopic (exact) mass is 223 g/mol. The Labute approximate surface area is 96.8 Å². The van der Waals surface area contributed by atoms with Crippen LogP contribution in [-0.2, 0) is 4.74 Å². The molecule has 2 N–H and O–H groups in total. The van der Waals surface area contributed by atoms with Gasteiger partial charge in [0.25, 0.3) is 0 Å². The second-order valence-corrected chi connectivity index (χ2v) is 4.79. The molecule has 1 fully saturated rings. The number of imidazole rings is 1. The molecule has 3 unspecified atom stereocenters. The van der Waals surface area contributed by atoms with Crippen LogP contribution in [0.5, 0.6) is 0 Å². The zero-order chi connectivity index (χ0) is 11.5. The fraction of sp³-hybridized carbons (Fsp3) is 0.750. The predicted molar refractivity (Wildman–Crippen MR) is 63.2 cm³/mol. The van der Waals surface area contributed by atoms with Crippen molar-refractivity contribution in [1.29, 1.82) is 0 Å². The second kappa shape index (κ2) is 4.97. The van der Waals surface area contributed by atoms with E-state index in [4.69, 9.17) is 4.74 Å². The van der Waals surface area contributed by atoms with E-state index in [2.05, 4.69) is 36.1 Å². The number of H-pyrrole nitrogens is 1. The Balaban J connectivity index is 1.89. The number of rotatable bonds is 3. The van der Waals surface area contributed by atoms with Gasteiger partial charge in [0.15, 0.2) is 0 Å². The van der Waals surface area contributed by atoms with Gasteiger partial charge >= 0.3 is 0 Å². The van der Waals surface area contributed by atoms with Crippen LogP contribution in [0.15, 0.2) is 12.4 Å². The molecule has 2 heterocycles. The molecule has 0 aliphatic carbocycles. The molecular weight excluding hydrogens is 202 g/mol. The van der Waals surface area contributed by atoms with E-state index in [0.29, 0.717) is 18.2 Å². The first-order valence-electron chi connectivity index (χ1n) is 6.06. The van der Waals surface area contributed by atoms with Gasteiger partial charge in [0.05, 0.1) is 18.2 Å². The van der Waals surface area contributed by atoms with Gasteiger partial charge in [-0.1, -0.05) is 0 Å². The van der Waals surface area contributed by atoms with E-state index in [1.165, 1.54) is 0 Å². The Morgan fingerprint density at radius 1 is 1.44 bits per heavy atom. The van der Waals surface area contributed by atoms with Gasteiger partial charge in [-0.3, -0.25) is 0 Å². The number of aromatic amines is 1. The van der Waals surface area contributed by atoms with Crippen molar-refractivity contribution in [2.75, 3.05) is 0 Å². The zero-order valence-electron chi connectivity index (χ0n) is 10.2. The van der Waals surface area contributed by atoms with Crippen molar-refractivity contribution < 1.29 is 4.74 Å². The Bertz CT molecular complexity index is 302. The van der Waals surface area contributed by atoms with Crippen molar-refractivity contribution in [1.82, 2.24) is 15.3 Å². The van der Waals surface area contributed by atoms with Crippen molar-refractivity contribution in [2.24, 2.45) is 0 Å². The van der Waals surface area contributed by atoms with E-state index in [-0.39, 0.29) is 6.04 Å². The van der Waals surface area contributed by atoms with Crippen LogP contribution in [0.4, 0.5) is 0 Å². The fourth-order valence-corrected chi connectivity index (χ4v) is 2.49. The number of aromatic nitrogens is 2. The van der Waals surface area contributed by atoms with Gasteiger partial charge in [-0.2, -0.15) is 0 Å². The van der Waals surface area contributed by atoms with E-state index in [9.17, 15) is 0 Å². The van der Waals surface area contributed by atoms with Gasteiger partial charge in [-0.15, -0.1) is 0 Å². The van der Waals surface area contributed by atoms with Crippen molar-refractivity contribution in [2.45, 2.75) is 57.9 Å². The van der Waals surface area contributed by atoms with E-state index in [0.717, 1.165) is 18.7 Å². The molecule has 16 heavy (non-hydrogen) atoms. The average Bonchev–Trinajstić information content (AvgIpc) is 2.68. The van der Waals surface area contributed by atoms with E-state index in [1.807, 2.05) is 6.20 Å². The third-order valence-corrected chi connectivity index (χ3v) is 3.11. The molecule has 4 heteroatoms. The van der Waals surface area contributed by atoms with E-state index >= 15 is 0 Å². The lowest BCUT2D eigenvalue weighted by Crippen LogP contribution is -2.42. The molecule has 1 aliphatic heterocycles. The van der Waals surface area contributed by atoms with Crippen LogP contribution in [-0.4, -0.2) is 28.2 Å². The van der Waals surface area contributed by atoms with Crippen molar-refractivity contribution in [3.63, 3.8) is 0 Å². The number of ether oxygens (including phenoxy) is 1. The normalized spacial score (nSPS) is 32.6. The summed E-state index contributed by atoms with van der Waals surface area (Å²) >= 11 is 0. The number of hydrogen-bond donors (Lipinski definition) is 2. The van der Waals surface area contributed by atoms with Crippen LogP contribution in [0.1, 0.15) is 45.5 Å². The summed E-state index contributed by atoms with van der Waals surface area (Å²) in [5.74, 6) is 1.01. The third kappa shape index (κ3) is 2.83. The van der Waals surface area contributed by atoms with Gasteiger partial charge in [-0.05, 0) is 33.6 Å². The highest BCUT2D eigenvalue weighted by Gasteiger charge is 2.25. The molecule has 4 nitrogen and oxygen atoms in total. The first-order valence-corrected chi connectivity index (χ1v) is 6.06. The van der Waals surface area contributed by atoms with Crippen LogP contribution >= 0.6 is 0 Å². The smallest absolute Gasteiger partial charge is 0.122 e. The minimum absolute atomic E-state index is 0.275. The summed E-state index contributed by atoms with van der Waals surface area (Å²) in [5.41, 5.74) is 0. The molecule has 0 saturated carbocycles. The third-order valence-electron chi connectivity index (χ3n) is 3.11. The highest BCUT2D eigenvalue weighted by Crippen LogP contribution is 2.21. The van der Waals surface area contributed by atoms with Gasteiger partial charge in [0.1, 0.15) is 5.82 Å². The Hall–Kier alpha value is -0.870. The SMILES string of the molecule is CC1CC(NC(C)c2ncc[nH]2)CC(C)O1. The van der Waals surface area contributed by atoms with Crippen LogP contribution < -0.4 is 5.32 Å². The van der Waals surface area contributed by atoms with Crippen molar-refractivity contribution in [3.8, 4) is 0 Å². The van der Waals surface area contributed by atoms with E-state index < -0.39 is 0 Å². The zero-order valence-corrected chi connectivity index (χ0v) is 10.2. The quantitative estimate of drug-likeness (QED) is 0.824. The Kier molecular flexibility index (Phi) is 3.61. The first kappa shape index (κ1) is 11.6. The van der Waals surface area contributed by atoms with E-state index in [1.54, 1.807) is 6.20 Å². The molecule has 1 aromatic rings.